The summed E-state index contributed by atoms with van der Waals surface area (Å²) >= 11 is 0. The van der Waals surface area contributed by atoms with Crippen molar-refractivity contribution in [3.05, 3.63) is 89.5 Å². The van der Waals surface area contributed by atoms with Gasteiger partial charge in [0.25, 0.3) is 0 Å². The van der Waals surface area contributed by atoms with Gasteiger partial charge in [0.1, 0.15) is 0 Å². The Bertz CT molecular complexity index is 878. The van der Waals surface area contributed by atoms with Crippen molar-refractivity contribution in [3.8, 4) is 0 Å². The zero-order valence-electron chi connectivity index (χ0n) is 13.7. The van der Waals surface area contributed by atoms with Gasteiger partial charge in [-0.15, -0.1) is 0 Å². The molecular formula is C22H20O2. The number of ether oxygens (including phenoxy) is 1. The van der Waals surface area contributed by atoms with Crippen LogP contribution in [0.2, 0.25) is 0 Å². The fourth-order valence-electron chi connectivity index (χ4n) is 2.77. The van der Waals surface area contributed by atoms with Crippen molar-refractivity contribution in [2.45, 2.75) is 13.3 Å². The average Bonchev–Trinajstić information content (AvgIpc) is 2.61. The summed E-state index contributed by atoms with van der Waals surface area (Å²) in [5, 5.41) is 2.49. The van der Waals surface area contributed by atoms with Gasteiger partial charge in [-0.25, -0.2) is 4.79 Å². The molecule has 0 unspecified atom stereocenters. The minimum atomic E-state index is -0.307. The molecule has 3 aromatic rings. The first kappa shape index (κ1) is 16.0. The third-order valence-corrected chi connectivity index (χ3v) is 3.95. The van der Waals surface area contributed by atoms with Gasteiger partial charge in [0, 0.05) is 6.08 Å². The first-order chi connectivity index (χ1) is 11.8. The first-order valence-electron chi connectivity index (χ1n) is 8.16. The molecule has 2 heteroatoms. The van der Waals surface area contributed by atoms with Gasteiger partial charge in [0.05, 0.1) is 6.61 Å². The van der Waals surface area contributed by atoms with E-state index < -0.39 is 0 Å². The molecule has 0 saturated heterocycles. The first-order valence-corrected chi connectivity index (χ1v) is 8.16. The van der Waals surface area contributed by atoms with Gasteiger partial charge in [-0.1, -0.05) is 66.7 Å². The number of esters is 1. The number of fused-ring (bicyclic) bond motifs is 1. The van der Waals surface area contributed by atoms with Crippen LogP contribution in [0, 0.1) is 0 Å². The van der Waals surface area contributed by atoms with Crippen LogP contribution in [-0.2, 0) is 16.0 Å². The molecule has 0 fully saturated rings. The highest BCUT2D eigenvalue weighted by atomic mass is 16.5. The van der Waals surface area contributed by atoms with E-state index in [1.807, 2.05) is 24.3 Å². The maximum absolute atomic E-state index is 11.5. The standard InChI is InChI=1S/C22H20O2/c1-2-24-22(23)14-13-19-8-4-6-10-21(19)16-17-11-12-18-7-3-5-9-20(18)15-17/h3-15H,2,16H2,1H3. The van der Waals surface area contributed by atoms with Crippen molar-refractivity contribution >= 4 is 22.8 Å². The molecule has 0 heterocycles. The van der Waals surface area contributed by atoms with Crippen molar-refractivity contribution < 1.29 is 9.53 Å². The predicted octanol–water partition coefficient (Wildman–Crippen LogP) is 5.01. The number of carbonyl (C=O) groups is 1. The Labute approximate surface area is 142 Å². The molecule has 0 bridgehead atoms. The van der Waals surface area contributed by atoms with Gasteiger partial charge in [0.2, 0.25) is 0 Å². The van der Waals surface area contributed by atoms with Gasteiger partial charge in [-0.2, -0.15) is 0 Å². The van der Waals surface area contributed by atoms with Crippen LogP contribution in [0.25, 0.3) is 16.8 Å². The highest BCUT2D eigenvalue weighted by Gasteiger charge is 2.03. The second-order valence-electron chi connectivity index (χ2n) is 5.64. The lowest BCUT2D eigenvalue weighted by Gasteiger charge is -2.08. The van der Waals surface area contributed by atoms with Crippen molar-refractivity contribution in [2.75, 3.05) is 6.61 Å². The molecule has 0 aliphatic heterocycles. The number of carbonyl (C=O) groups excluding carboxylic acids is 1. The van der Waals surface area contributed by atoms with Crippen LogP contribution in [-0.4, -0.2) is 12.6 Å². The van der Waals surface area contributed by atoms with Crippen LogP contribution in [0.5, 0.6) is 0 Å². The van der Waals surface area contributed by atoms with Crippen molar-refractivity contribution in [2.24, 2.45) is 0 Å². The third-order valence-electron chi connectivity index (χ3n) is 3.95. The topological polar surface area (TPSA) is 26.3 Å². The van der Waals surface area contributed by atoms with E-state index in [0.29, 0.717) is 6.61 Å². The molecule has 0 atom stereocenters. The monoisotopic (exact) mass is 316 g/mol. The average molecular weight is 316 g/mol. The molecule has 2 nitrogen and oxygen atoms in total. The Balaban J connectivity index is 1.85. The van der Waals surface area contributed by atoms with Gasteiger partial charge in [-0.3, -0.25) is 0 Å². The summed E-state index contributed by atoms with van der Waals surface area (Å²) < 4.78 is 4.94. The van der Waals surface area contributed by atoms with Crippen LogP contribution in [0.1, 0.15) is 23.6 Å². The normalized spacial score (nSPS) is 11.0. The molecule has 0 aromatic heterocycles. The number of hydrogen-bond donors (Lipinski definition) is 0. The number of hydrogen-bond acceptors (Lipinski definition) is 2. The Hall–Kier alpha value is -2.87. The van der Waals surface area contributed by atoms with Gasteiger partial charge in [-0.05, 0) is 46.9 Å². The second kappa shape index (κ2) is 7.60. The highest BCUT2D eigenvalue weighted by Crippen LogP contribution is 2.20. The maximum atomic E-state index is 11.5. The van der Waals surface area contributed by atoms with E-state index in [-0.39, 0.29) is 5.97 Å². The van der Waals surface area contributed by atoms with E-state index in [0.717, 1.165) is 12.0 Å². The second-order valence-corrected chi connectivity index (χ2v) is 5.64. The van der Waals surface area contributed by atoms with E-state index >= 15 is 0 Å². The molecule has 0 aliphatic carbocycles. The molecule has 24 heavy (non-hydrogen) atoms. The summed E-state index contributed by atoms with van der Waals surface area (Å²) in [5.74, 6) is -0.307. The summed E-state index contributed by atoms with van der Waals surface area (Å²) in [5.41, 5.74) is 3.48. The Kier molecular flexibility index (Phi) is 5.07. The smallest absolute Gasteiger partial charge is 0.330 e. The SMILES string of the molecule is CCOC(=O)C=Cc1ccccc1Cc1ccc2ccccc2c1. The molecule has 0 amide bonds. The van der Waals surface area contributed by atoms with Crippen LogP contribution in [0.3, 0.4) is 0 Å². The number of rotatable bonds is 5. The lowest BCUT2D eigenvalue weighted by molar-refractivity contribution is -0.137. The Morgan fingerprint density at radius 3 is 2.54 bits per heavy atom. The molecule has 0 radical (unpaired) electrons. The number of benzene rings is 3. The quantitative estimate of drug-likeness (QED) is 0.489. The highest BCUT2D eigenvalue weighted by molar-refractivity contribution is 5.87. The predicted molar refractivity (Wildman–Crippen MR) is 98.9 cm³/mol. The minimum Gasteiger partial charge on any atom is -0.463 e. The lowest BCUT2D eigenvalue weighted by Crippen LogP contribution is -1.99. The van der Waals surface area contributed by atoms with Crippen molar-refractivity contribution in [3.63, 3.8) is 0 Å². The van der Waals surface area contributed by atoms with Gasteiger partial charge >= 0.3 is 5.97 Å². The van der Waals surface area contributed by atoms with E-state index in [9.17, 15) is 4.79 Å². The van der Waals surface area contributed by atoms with Crippen molar-refractivity contribution in [1.29, 1.82) is 0 Å². The lowest BCUT2D eigenvalue weighted by atomic mass is 9.97. The summed E-state index contributed by atoms with van der Waals surface area (Å²) in [7, 11) is 0. The molecule has 120 valence electrons. The van der Waals surface area contributed by atoms with Crippen LogP contribution >= 0.6 is 0 Å². The van der Waals surface area contributed by atoms with Crippen molar-refractivity contribution in [1.82, 2.24) is 0 Å². The van der Waals surface area contributed by atoms with Crippen LogP contribution < -0.4 is 0 Å². The molecular weight excluding hydrogens is 296 g/mol. The van der Waals surface area contributed by atoms with Crippen LogP contribution in [0.15, 0.2) is 72.8 Å². The Morgan fingerprint density at radius 2 is 1.71 bits per heavy atom. The fourth-order valence-corrected chi connectivity index (χ4v) is 2.77. The zero-order valence-corrected chi connectivity index (χ0v) is 13.7. The summed E-state index contributed by atoms with van der Waals surface area (Å²) in [6.45, 7) is 2.20. The van der Waals surface area contributed by atoms with Gasteiger partial charge in [0.15, 0.2) is 0 Å². The summed E-state index contributed by atoms with van der Waals surface area (Å²) in [6, 6.07) is 23.0. The van der Waals surface area contributed by atoms with E-state index in [2.05, 4.69) is 48.5 Å². The van der Waals surface area contributed by atoms with E-state index in [4.69, 9.17) is 4.74 Å². The summed E-state index contributed by atoms with van der Waals surface area (Å²) in [4.78, 5) is 11.5. The molecule has 0 aliphatic rings. The molecule has 3 aromatic carbocycles. The largest absolute Gasteiger partial charge is 0.463 e. The molecule has 0 spiro atoms. The maximum Gasteiger partial charge on any atom is 0.330 e. The van der Waals surface area contributed by atoms with Gasteiger partial charge < -0.3 is 4.74 Å². The summed E-state index contributed by atoms with van der Waals surface area (Å²) in [6.07, 6.45) is 4.14. The molecule has 3 rings (SSSR count). The minimum absolute atomic E-state index is 0.307. The van der Waals surface area contributed by atoms with Crippen LogP contribution in [0.4, 0.5) is 0 Å². The van der Waals surface area contributed by atoms with E-state index in [1.165, 1.54) is 28.0 Å². The molecule has 0 N–H and O–H groups in total. The van der Waals surface area contributed by atoms with E-state index in [1.54, 1.807) is 6.92 Å². The zero-order chi connectivity index (χ0) is 16.8. The molecule has 0 saturated carbocycles. The Morgan fingerprint density at radius 1 is 0.958 bits per heavy atom. The fraction of sp³-hybridized carbons (Fsp3) is 0.136. The third kappa shape index (κ3) is 3.90.